The van der Waals surface area contributed by atoms with E-state index in [1.165, 1.54) is 5.56 Å². The Morgan fingerprint density at radius 1 is 1.10 bits per heavy atom. The third kappa shape index (κ3) is 3.93. The van der Waals surface area contributed by atoms with Crippen LogP contribution in [0.3, 0.4) is 0 Å². The molecule has 20 heavy (non-hydrogen) atoms. The van der Waals surface area contributed by atoms with E-state index in [0.717, 1.165) is 20.9 Å². The lowest BCUT2D eigenvalue weighted by atomic mass is 10.1. The van der Waals surface area contributed by atoms with Gasteiger partial charge in [-0.1, -0.05) is 62.2 Å². The molecule has 0 spiro atoms. The van der Waals surface area contributed by atoms with Crippen molar-refractivity contribution in [2.24, 2.45) is 0 Å². The van der Waals surface area contributed by atoms with E-state index in [4.69, 9.17) is 0 Å². The minimum Gasteiger partial charge on any atom is -0.348 e. The van der Waals surface area contributed by atoms with Crippen LogP contribution in [-0.2, 0) is 11.9 Å². The first-order chi connectivity index (χ1) is 9.60. The second-order valence-corrected chi connectivity index (χ2v) is 6.07. The lowest BCUT2D eigenvalue weighted by Gasteiger charge is -2.08. The van der Waals surface area contributed by atoms with E-state index < -0.39 is 0 Å². The van der Waals surface area contributed by atoms with Gasteiger partial charge in [0.1, 0.15) is 0 Å². The van der Waals surface area contributed by atoms with Crippen molar-refractivity contribution in [1.82, 2.24) is 5.32 Å². The molecule has 0 saturated carbocycles. The molecule has 0 fully saturated rings. The van der Waals surface area contributed by atoms with Crippen LogP contribution in [0.15, 0.2) is 46.9 Å². The molecule has 0 atom stereocenters. The van der Waals surface area contributed by atoms with E-state index in [0.29, 0.717) is 12.1 Å². The number of halogens is 2. The van der Waals surface area contributed by atoms with Crippen LogP contribution in [0.4, 0.5) is 0 Å². The van der Waals surface area contributed by atoms with Crippen molar-refractivity contribution in [3.63, 3.8) is 0 Å². The predicted octanol–water partition coefficient (Wildman–Crippen LogP) is 4.58. The molecule has 2 rings (SSSR count). The summed E-state index contributed by atoms with van der Waals surface area (Å²) in [7, 11) is 0. The van der Waals surface area contributed by atoms with Crippen molar-refractivity contribution in [3.8, 4) is 0 Å². The second-order valence-electron chi connectivity index (χ2n) is 4.59. The highest BCUT2D eigenvalue weighted by Gasteiger charge is 2.09. The monoisotopic (exact) mass is 395 g/mol. The fraction of sp³-hybridized carbons (Fsp3) is 0.188. The number of aryl methyl sites for hydroxylation is 1. The predicted molar refractivity (Wildman–Crippen MR) is 89.1 cm³/mol. The van der Waals surface area contributed by atoms with Crippen molar-refractivity contribution in [3.05, 3.63) is 69.2 Å². The van der Waals surface area contributed by atoms with Gasteiger partial charge >= 0.3 is 0 Å². The van der Waals surface area contributed by atoms with E-state index >= 15 is 0 Å². The van der Waals surface area contributed by atoms with Gasteiger partial charge in [0.25, 0.3) is 5.91 Å². The number of carbonyl (C=O) groups excluding carboxylic acids is 1. The maximum Gasteiger partial charge on any atom is 0.251 e. The number of alkyl halides is 1. The molecule has 0 aliphatic heterocycles. The molecule has 2 aromatic carbocycles. The Morgan fingerprint density at radius 2 is 1.75 bits per heavy atom. The molecule has 4 heteroatoms. The molecule has 0 aromatic heterocycles. The van der Waals surface area contributed by atoms with E-state index in [1.54, 1.807) is 0 Å². The maximum absolute atomic E-state index is 12.2. The van der Waals surface area contributed by atoms with E-state index in [2.05, 4.69) is 49.3 Å². The molecule has 0 aliphatic rings. The molecule has 0 saturated heterocycles. The number of rotatable bonds is 4. The van der Waals surface area contributed by atoms with Crippen LogP contribution in [0.5, 0.6) is 0 Å². The SMILES string of the molecule is Cc1ccc(Br)cc1C(=O)NCc1ccc(CBr)cc1. The van der Waals surface area contributed by atoms with Crippen LogP contribution in [0.1, 0.15) is 27.0 Å². The van der Waals surface area contributed by atoms with Gasteiger partial charge in [-0.25, -0.2) is 0 Å². The highest BCUT2D eigenvalue weighted by atomic mass is 79.9. The standard InChI is InChI=1S/C16H15Br2NO/c1-11-2-7-14(18)8-15(11)16(20)19-10-13-5-3-12(9-17)4-6-13/h2-8H,9-10H2,1H3,(H,19,20). The summed E-state index contributed by atoms with van der Waals surface area (Å²) < 4.78 is 0.912. The largest absolute Gasteiger partial charge is 0.348 e. The Bertz CT molecular complexity index is 608. The van der Waals surface area contributed by atoms with Crippen LogP contribution in [0.25, 0.3) is 0 Å². The lowest BCUT2D eigenvalue weighted by Crippen LogP contribution is -2.23. The zero-order valence-corrected chi connectivity index (χ0v) is 14.3. The highest BCUT2D eigenvalue weighted by molar-refractivity contribution is 9.10. The number of carbonyl (C=O) groups is 1. The van der Waals surface area contributed by atoms with Gasteiger partial charge in [0.2, 0.25) is 0 Å². The summed E-state index contributed by atoms with van der Waals surface area (Å²) in [6.45, 7) is 2.47. The zero-order chi connectivity index (χ0) is 14.5. The minimum atomic E-state index is -0.0478. The number of hydrogen-bond acceptors (Lipinski definition) is 1. The van der Waals surface area contributed by atoms with Gasteiger partial charge in [-0.3, -0.25) is 4.79 Å². The summed E-state index contributed by atoms with van der Waals surface area (Å²) in [5, 5.41) is 3.79. The lowest BCUT2D eigenvalue weighted by molar-refractivity contribution is 0.0950. The van der Waals surface area contributed by atoms with Gasteiger partial charge in [0.15, 0.2) is 0 Å². The molecule has 2 aromatic rings. The molecule has 1 N–H and O–H groups in total. The third-order valence-electron chi connectivity index (χ3n) is 3.07. The highest BCUT2D eigenvalue weighted by Crippen LogP contribution is 2.16. The first-order valence-electron chi connectivity index (χ1n) is 6.28. The van der Waals surface area contributed by atoms with Crippen LogP contribution < -0.4 is 5.32 Å². The number of nitrogens with one attached hydrogen (secondary N) is 1. The van der Waals surface area contributed by atoms with Crippen molar-refractivity contribution in [2.45, 2.75) is 18.8 Å². The fourth-order valence-electron chi connectivity index (χ4n) is 1.86. The van der Waals surface area contributed by atoms with E-state index in [-0.39, 0.29) is 5.91 Å². The van der Waals surface area contributed by atoms with E-state index in [1.807, 2.05) is 37.3 Å². The molecule has 1 amide bonds. The first kappa shape index (κ1) is 15.3. The van der Waals surface area contributed by atoms with Gasteiger partial charge in [-0.05, 0) is 35.7 Å². The molecule has 0 unspecified atom stereocenters. The van der Waals surface area contributed by atoms with Gasteiger partial charge in [0, 0.05) is 21.9 Å². The van der Waals surface area contributed by atoms with Crippen LogP contribution in [0.2, 0.25) is 0 Å². The van der Waals surface area contributed by atoms with Gasteiger partial charge in [0.05, 0.1) is 0 Å². The van der Waals surface area contributed by atoms with Crippen molar-refractivity contribution >= 4 is 37.8 Å². The average molecular weight is 397 g/mol. The molecule has 0 bridgehead atoms. The maximum atomic E-state index is 12.2. The first-order valence-corrected chi connectivity index (χ1v) is 8.19. The molecule has 104 valence electrons. The summed E-state index contributed by atoms with van der Waals surface area (Å²) in [4.78, 5) is 12.2. The molecule has 0 radical (unpaired) electrons. The van der Waals surface area contributed by atoms with Gasteiger partial charge in [-0.2, -0.15) is 0 Å². The van der Waals surface area contributed by atoms with Gasteiger partial charge in [-0.15, -0.1) is 0 Å². The smallest absolute Gasteiger partial charge is 0.251 e. The summed E-state index contributed by atoms with van der Waals surface area (Å²) in [5.41, 5.74) is 4.00. The van der Waals surface area contributed by atoms with Crippen molar-refractivity contribution < 1.29 is 4.79 Å². The number of amides is 1. The van der Waals surface area contributed by atoms with Crippen molar-refractivity contribution in [2.75, 3.05) is 0 Å². The van der Waals surface area contributed by atoms with Crippen LogP contribution in [-0.4, -0.2) is 5.91 Å². The summed E-state index contributed by atoms with van der Waals surface area (Å²) in [6, 6.07) is 13.9. The molecule has 0 heterocycles. The second kappa shape index (κ2) is 7.04. The minimum absolute atomic E-state index is 0.0478. The van der Waals surface area contributed by atoms with Crippen LogP contribution >= 0.6 is 31.9 Å². The Morgan fingerprint density at radius 3 is 2.40 bits per heavy atom. The summed E-state index contributed by atoms with van der Waals surface area (Å²) >= 11 is 6.81. The Hall–Kier alpha value is -1.13. The number of benzene rings is 2. The third-order valence-corrected chi connectivity index (χ3v) is 4.22. The van der Waals surface area contributed by atoms with E-state index in [9.17, 15) is 4.79 Å². The van der Waals surface area contributed by atoms with Crippen LogP contribution in [0, 0.1) is 6.92 Å². The topological polar surface area (TPSA) is 29.1 Å². The molecule has 0 aliphatic carbocycles. The normalized spacial score (nSPS) is 10.3. The average Bonchev–Trinajstić information content (AvgIpc) is 2.47. The fourth-order valence-corrected chi connectivity index (χ4v) is 2.60. The Labute approximate surface area is 135 Å². The Kier molecular flexibility index (Phi) is 5.38. The van der Waals surface area contributed by atoms with Gasteiger partial charge < -0.3 is 5.32 Å². The van der Waals surface area contributed by atoms with Crippen molar-refractivity contribution in [1.29, 1.82) is 0 Å². The quantitative estimate of drug-likeness (QED) is 0.752. The summed E-state index contributed by atoms with van der Waals surface area (Å²) in [5.74, 6) is -0.0478. The summed E-state index contributed by atoms with van der Waals surface area (Å²) in [6.07, 6.45) is 0. The molecular weight excluding hydrogens is 382 g/mol. The molecule has 2 nitrogen and oxygen atoms in total. The Balaban J connectivity index is 2.02. The number of hydrogen-bond donors (Lipinski definition) is 1. The molecular formula is C16H15Br2NO. The zero-order valence-electron chi connectivity index (χ0n) is 11.1.